The molecule has 0 bridgehead atoms. The van der Waals surface area contributed by atoms with Crippen LogP contribution in [0.2, 0.25) is 0 Å². The van der Waals surface area contributed by atoms with Gasteiger partial charge in [-0.1, -0.05) is 96.2 Å². The molecule has 3 fully saturated rings. The van der Waals surface area contributed by atoms with Gasteiger partial charge in [-0.2, -0.15) is 9.36 Å². The van der Waals surface area contributed by atoms with E-state index in [0.717, 1.165) is 33.1 Å². The molecule has 6 N–H and O–H groups in total. The third kappa shape index (κ3) is 7.03. The Morgan fingerprint density at radius 1 is 0.964 bits per heavy atom. The molecular weight excluding hydrogens is 778 g/mol. The maximum Gasteiger partial charge on any atom is 0.352 e. The number of thioether (sulfide) groups is 1. The number of carbonyl (C=O) groups is 4. The number of nitrogens with zero attached hydrogens (tertiary/aromatic N) is 5. The highest BCUT2D eigenvalue weighted by molar-refractivity contribution is 8.00. The van der Waals surface area contributed by atoms with Crippen molar-refractivity contribution < 1.29 is 29.1 Å². The van der Waals surface area contributed by atoms with Crippen molar-refractivity contribution in [3.63, 3.8) is 0 Å². The van der Waals surface area contributed by atoms with Crippen LogP contribution in [0.3, 0.4) is 0 Å². The van der Waals surface area contributed by atoms with Crippen molar-refractivity contribution in [3.05, 3.63) is 136 Å². The molecule has 288 valence electrons. The van der Waals surface area contributed by atoms with E-state index in [1.807, 2.05) is 91.0 Å². The number of hydrogen-bond acceptors (Lipinski definition) is 13. The molecule has 0 unspecified atom stereocenters. The zero-order chi connectivity index (χ0) is 38.1. The fourth-order valence-corrected chi connectivity index (χ4v) is 9.01. The van der Waals surface area contributed by atoms with Crippen LogP contribution in [0.5, 0.6) is 0 Å². The number of carboxylic acid groups (broad SMARTS) is 1. The van der Waals surface area contributed by atoms with Gasteiger partial charge in [-0.05, 0) is 18.1 Å². The summed E-state index contributed by atoms with van der Waals surface area (Å²) >= 11 is 2.15. The van der Waals surface area contributed by atoms with Crippen molar-refractivity contribution in [2.45, 2.75) is 29.5 Å². The number of hydrogen-bond donors (Lipinski definition) is 5. The van der Waals surface area contributed by atoms with Crippen molar-refractivity contribution in [2.24, 2.45) is 5.16 Å². The molecule has 3 saturated heterocycles. The van der Waals surface area contributed by atoms with Crippen molar-refractivity contribution in [3.8, 4) is 0 Å². The lowest BCUT2D eigenvalue weighted by Gasteiger charge is -2.49. The summed E-state index contributed by atoms with van der Waals surface area (Å²) in [5, 5.41) is 16.8. The molecule has 15 nitrogen and oxygen atoms in total. The molecule has 0 aliphatic carbocycles. The number of nitrogens with one attached hydrogen (secondary N) is 3. The predicted octanol–water partition coefficient (Wildman–Crippen LogP) is 2.63. The Labute approximate surface area is 335 Å². The number of nitrogen functional groups attached to an aromatic ring is 1. The highest BCUT2D eigenvalue weighted by atomic mass is 35.5. The summed E-state index contributed by atoms with van der Waals surface area (Å²) in [5.41, 5.74) is 13.1. The summed E-state index contributed by atoms with van der Waals surface area (Å²) < 4.78 is 4.24. The third-order valence-electron chi connectivity index (χ3n) is 9.92. The molecule has 2 atom stereocenters. The van der Waals surface area contributed by atoms with Crippen molar-refractivity contribution in [2.75, 3.05) is 31.1 Å². The van der Waals surface area contributed by atoms with E-state index in [-0.39, 0.29) is 52.5 Å². The SMILES string of the molecule is Cl.Nc1nc(C(=NOC(c2ccccc2)(c2ccccc2)c2ccccc2)C(=O)N[C@@H]2C(=O)N3C(C(=O)O)=C(C=C4CCN(C5CNNC5)C4=O)CS[C@H]23)ns1. The van der Waals surface area contributed by atoms with Crippen LogP contribution in [-0.2, 0) is 29.6 Å². The molecular formula is C38H36ClN9O6S2. The smallest absolute Gasteiger partial charge is 0.352 e. The first-order chi connectivity index (χ1) is 26.8. The summed E-state index contributed by atoms with van der Waals surface area (Å²) in [5.74, 6) is -2.81. The molecule has 56 heavy (non-hydrogen) atoms. The first kappa shape index (κ1) is 38.7. The van der Waals surface area contributed by atoms with Gasteiger partial charge in [0.05, 0.1) is 6.04 Å². The van der Waals surface area contributed by atoms with Crippen LogP contribution in [0.25, 0.3) is 0 Å². The van der Waals surface area contributed by atoms with Crippen LogP contribution < -0.4 is 21.9 Å². The monoisotopic (exact) mass is 813 g/mol. The number of allylic oxidation sites excluding steroid dienone is 1. The lowest BCUT2D eigenvalue weighted by Crippen LogP contribution is -2.71. The lowest BCUT2D eigenvalue weighted by atomic mass is 9.80. The molecule has 3 amide bonds. The Morgan fingerprint density at radius 2 is 1.55 bits per heavy atom. The molecule has 4 aliphatic rings. The van der Waals surface area contributed by atoms with E-state index < -0.39 is 34.8 Å². The zero-order valence-electron chi connectivity index (χ0n) is 29.5. The number of carbonyl (C=O) groups excluding carboxylic acids is 3. The third-order valence-corrected chi connectivity index (χ3v) is 11.8. The van der Waals surface area contributed by atoms with Crippen molar-refractivity contribution in [1.29, 1.82) is 0 Å². The number of carboxylic acids is 1. The second-order valence-corrected chi connectivity index (χ2v) is 15.0. The predicted molar refractivity (Wildman–Crippen MR) is 212 cm³/mol. The summed E-state index contributed by atoms with van der Waals surface area (Å²) in [6.07, 6.45) is 2.06. The number of fused-ring (bicyclic) bond motifs is 1. The lowest BCUT2D eigenvalue weighted by molar-refractivity contribution is -0.150. The molecule has 4 aliphatic heterocycles. The fraction of sp³-hybridized carbons (Fsp3) is 0.237. The maximum atomic E-state index is 14.2. The molecule has 0 radical (unpaired) electrons. The van der Waals surface area contributed by atoms with Gasteiger partial charge in [0.25, 0.3) is 11.8 Å². The van der Waals surface area contributed by atoms with Gasteiger partial charge in [0.2, 0.25) is 23.0 Å². The van der Waals surface area contributed by atoms with E-state index in [4.69, 9.17) is 10.6 Å². The second kappa shape index (κ2) is 16.3. The number of likely N-dealkylation sites (tertiary alicyclic amines) is 1. The first-order valence-corrected chi connectivity index (χ1v) is 19.3. The van der Waals surface area contributed by atoms with Crippen LogP contribution in [0.4, 0.5) is 5.13 Å². The van der Waals surface area contributed by atoms with Gasteiger partial charge in [0.15, 0.2) is 5.13 Å². The number of aliphatic carboxylic acids is 1. The average molecular weight is 814 g/mol. The van der Waals surface area contributed by atoms with Gasteiger partial charge in [-0.15, -0.1) is 24.2 Å². The van der Waals surface area contributed by atoms with E-state index in [2.05, 4.69) is 30.7 Å². The van der Waals surface area contributed by atoms with Crippen molar-refractivity contribution in [1.82, 2.24) is 35.3 Å². The van der Waals surface area contributed by atoms with Gasteiger partial charge >= 0.3 is 5.97 Å². The van der Waals surface area contributed by atoms with Crippen LogP contribution in [0.15, 0.2) is 119 Å². The Kier molecular flexibility index (Phi) is 11.2. The fourth-order valence-electron chi connectivity index (χ4n) is 7.27. The number of aromatic nitrogens is 2. The summed E-state index contributed by atoms with van der Waals surface area (Å²) in [4.78, 5) is 67.5. The van der Waals surface area contributed by atoms with E-state index in [0.29, 0.717) is 37.2 Å². The summed E-state index contributed by atoms with van der Waals surface area (Å²) in [6, 6.07) is 27.2. The molecule has 0 spiro atoms. The molecule has 0 saturated carbocycles. The van der Waals surface area contributed by atoms with Crippen LogP contribution in [-0.4, -0.2) is 96.5 Å². The number of benzene rings is 3. The molecule has 1 aromatic heterocycles. The number of β-lactam (4-membered cyclic amide) rings is 1. The number of amides is 3. The minimum absolute atomic E-state index is 0. The normalized spacial score (nSPS) is 20.8. The van der Waals surface area contributed by atoms with Crippen LogP contribution in [0, 0.1) is 0 Å². The Hall–Kier alpha value is -5.59. The molecule has 3 aromatic carbocycles. The van der Waals surface area contributed by atoms with E-state index in [1.54, 1.807) is 11.0 Å². The number of oxime groups is 1. The second-order valence-electron chi connectivity index (χ2n) is 13.1. The Balaban J connectivity index is 0.00000480. The standard InChI is InChI=1S/C38H35N9O6S2.ClH/c39-37-43-31(45-55-37)28(44-53-38(24-10-4-1-5-11-24,25-12-6-2-7-13-25)26-14-8-3-9-15-26)32(48)42-29-34(50)47-30(36(51)52)23(21-54-35(29)47)18-22-16-17-46(33(22)49)27-19-40-41-20-27;/h1-15,18,27,29,35,40-41H,16-17,19-21H2,(H,42,48)(H,51,52)(H2,39,43,45);1H/t29-,35-;/m1./s1. The van der Waals surface area contributed by atoms with E-state index in [9.17, 15) is 24.3 Å². The number of anilines is 1. The Morgan fingerprint density at radius 3 is 2.09 bits per heavy atom. The molecule has 8 rings (SSSR count). The van der Waals surface area contributed by atoms with Gasteiger partial charge in [-0.3, -0.25) is 30.1 Å². The van der Waals surface area contributed by atoms with Crippen LogP contribution >= 0.6 is 35.7 Å². The number of nitrogens with two attached hydrogens (primary N) is 1. The molecule has 4 aromatic rings. The molecule has 5 heterocycles. The quantitative estimate of drug-likeness (QED) is 0.0488. The number of hydrazine groups is 1. The van der Waals surface area contributed by atoms with Gasteiger partial charge in [0.1, 0.15) is 17.1 Å². The molecule has 18 heteroatoms. The average Bonchev–Trinajstić information content (AvgIpc) is 3.98. The van der Waals surface area contributed by atoms with Gasteiger partial charge in [0, 0.05) is 59.2 Å². The maximum absolute atomic E-state index is 14.2. The summed E-state index contributed by atoms with van der Waals surface area (Å²) in [7, 11) is 0. The largest absolute Gasteiger partial charge is 0.477 e. The number of halogens is 1. The van der Waals surface area contributed by atoms with Crippen LogP contribution in [0.1, 0.15) is 28.9 Å². The summed E-state index contributed by atoms with van der Waals surface area (Å²) in [6.45, 7) is 1.76. The number of rotatable bonds is 11. The van der Waals surface area contributed by atoms with E-state index >= 15 is 0 Å². The topological polar surface area (TPSA) is 204 Å². The van der Waals surface area contributed by atoms with E-state index in [1.165, 1.54) is 11.8 Å². The highest BCUT2D eigenvalue weighted by Gasteiger charge is 2.54. The van der Waals surface area contributed by atoms with Crippen molar-refractivity contribution >= 4 is 70.2 Å². The first-order valence-electron chi connectivity index (χ1n) is 17.5. The van der Waals surface area contributed by atoms with Gasteiger partial charge < -0.3 is 25.9 Å². The Bertz CT molecular complexity index is 2140. The minimum Gasteiger partial charge on any atom is -0.477 e. The van der Waals surface area contributed by atoms with Gasteiger partial charge in [-0.25, -0.2) is 4.79 Å². The minimum atomic E-state index is -1.34. The highest BCUT2D eigenvalue weighted by Crippen LogP contribution is 2.43. The zero-order valence-corrected chi connectivity index (χ0v) is 32.0.